The van der Waals surface area contributed by atoms with E-state index in [0.717, 1.165) is 34.9 Å². The molecule has 86 valence electrons. The third-order valence-corrected chi connectivity index (χ3v) is 3.07. The fourth-order valence-corrected chi connectivity index (χ4v) is 2.18. The zero-order valence-corrected chi connectivity index (χ0v) is 10.3. The zero-order valence-electron chi connectivity index (χ0n) is 9.49. The number of hydrogen-bond acceptors (Lipinski definition) is 4. The van der Waals surface area contributed by atoms with Gasteiger partial charge in [-0.2, -0.15) is 5.26 Å². The maximum Gasteiger partial charge on any atom is 0.102 e. The van der Waals surface area contributed by atoms with Gasteiger partial charge in [0.15, 0.2) is 0 Å². The number of hydrogen-bond donors (Lipinski definition) is 2. The Kier molecular flexibility index (Phi) is 5.76. The first kappa shape index (κ1) is 12.9. The summed E-state index contributed by atoms with van der Waals surface area (Å²) in [6.45, 7) is 3.56. The summed E-state index contributed by atoms with van der Waals surface area (Å²) in [7, 11) is 0. The summed E-state index contributed by atoms with van der Waals surface area (Å²) in [6, 6.07) is 8.16. The molecule has 3 N–H and O–H groups in total. The van der Waals surface area contributed by atoms with Gasteiger partial charge in [0.2, 0.25) is 0 Å². The lowest BCUT2D eigenvalue weighted by Gasteiger charge is -2.10. The molecule has 0 aliphatic heterocycles. The van der Waals surface area contributed by atoms with Gasteiger partial charge in [-0.3, -0.25) is 0 Å². The maximum absolute atomic E-state index is 9.15. The van der Waals surface area contributed by atoms with Gasteiger partial charge in [0, 0.05) is 11.4 Å². The van der Waals surface area contributed by atoms with Gasteiger partial charge < -0.3 is 11.1 Å². The average molecular weight is 235 g/mol. The fourth-order valence-electron chi connectivity index (χ4n) is 1.39. The first-order valence-corrected chi connectivity index (χ1v) is 6.41. The van der Waals surface area contributed by atoms with Gasteiger partial charge in [0.05, 0.1) is 11.3 Å². The Morgan fingerprint density at radius 1 is 1.50 bits per heavy atom. The van der Waals surface area contributed by atoms with Crippen LogP contribution in [-0.2, 0) is 0 Å². The number of nitriles is 1. The number of benzene rings is 1. The zero-order chi connectivity index (χ0) is 11.8. The van der Waals surface area contributed by atoms with Crippen molar-refractivity contribution in [1.29, 1.82) is 5.26 Å². The Morgan fingerprint density at radius 3 is 2.94 bits per heavy atom. The van der Waals surface area contributed by atoms with E-state index in [9.17, 15) is 0 Å². The van der Waals surface area contributed by atoms with E-state index in [4.69, 9.17) is 11.0 Å². The summed E-state index contributed by atoms with van der Waals surface area (Å²) in [5.74, 6) is 0.973. The third-order valence-electron chi connectivity index (χ3n) is 2.13. The van der Waals surface area contributed by atoms with Crippen LogP contribution in [0.3, 0.4) is 0 Å². The van der Waals surface area contributed by atoms with E-state index >= 15 is 0 Å². The predicted molar refractivity (Wildman–Crippen MR) is 69.7 cm³/mol. The Hall–Kier alpha value is -1.18. The first-order chi connectivity index (χ1) is 7.83. The molecule has 1 aromatic rings. The number of thioether (sulfide) groups is 1. The van der Waals surface area contributed by atoms with Crippen molar-refractivity contribution in [3.05, 3.63) is 23.8 Å². The largest absolute Gasteiger partial charge is 0.384 e. The van der Waals surface area contributed by atoms with E-state index in [-0.39, 0.29) is 0 Å². The van der Waals surface area contributed by atoms with Crippen LogP contribution >= 0.6 is 11.8 Å². The third kappa shape index (κ3) is 3.44. The summed E-state index contributed by atoms with van der Waals surface area (Å²) in [5.41, 5.74) is 7.09. The van der Waals surface area contributed by atoms with E-state index in [1.165, 1.54) is 0 Å². The van der Waals surface area contributed by atoms with Crippen LogP contribution in [0.1, 0.15) is 18.9 Å². The van der Waals surface area contributed by atoms with Gasteiger partial charge in [-0.05, 0) is 30.9 Å². The molecule has 0 spiro atoms. The van der Waals surface area contributed by atoms with E-state index in [0.29, 0.717) is 6.54 Å². The molecule has 1 aromatic carbocycles. The number of nitrogens with zero attached hydrogens (tertiary/aromatic N) is 1. The second-order valence-electron chi connectivity index (χ2n) is 3.29. The highest BCUT2D eigenvalue weighted by atomic mass is 32.2. The van der Waals surface area contributed by atoms with Crippen molar-refractivity contribution in [3.8, 4) is 6.07 Å². The lowest BCUT2D eigenvalue weighted by Crippen LogP contribution is -2.09. The van der Waals surface area contributed by atoms with E-state index in [1.54, 1.807) is 11.8 Å². The molecule has 0 heterocycles. The van der Waals surface area contributed by atoms with Crippen LogP contribution in [0, 0.1) is 11.3 Å². The first-order valence-electron chi connectivity index (χ1n) is 5.43. The van der Waals surface area contributed by atoms with Crippen molar-refractivity contribution in [3.63, 3.8) is 0 Å². The van der Waals surface area contributed by atoms with Crippen LogP contribution in [0.2, 0.25) is 0 Å². The molecule has 1 rings (SSSR count). The van der Waals surface area contributed by atoms with Gasteiger partial charge in [0.1, 0.15) is 6.07 Å². The number of anilines is 1. The molecule has 0 aromatic heterocycles. The second kappa shape index (κ2) is 7.15. The van der Waals surface area contributed by atoms with E-state index < -0.39 is 0 Å². The molecule has 0 unspecified atom stereocenters. The summed E-state index contributed by atoms with van der Waals surface area (Å²) in [4.78, 5) is 1.04. The van der Waals surface area contributed by atoms with Crippen LogP contribution in [0.5, 0.6) is 0 Å². The van der Waals surface area contributed by atoms with Crippen molar-refractivity contribution in [2.45, 2.75) is 18.2 Å². The Bertz CT molecular complexity index is 371. The average Bonchev–Trinajstić information content (AvgIpc) is 2.30. The quantitative estimate of drug-likeness (QED) is 0.587. The standard InChI is InChI=1S/C12H17N3S/c1-2-16-12-6-3-5-11(10(12)9-14)15-8-4-7-13/h3,5-6,15H,2,4,7-8,13H2,1H3. The van der Waals surface area contributed by atoms with Crippen LogP contribution in [-0.4, -0.2) is 18.8 Å². The molecule has 0 fully saturated rings. The molecule has 3 nitrogen and oxygen atoms in total. The second-order valence-corrected chi connectivity index (χ2v) is 4.60. The number of nitrogens with one attached hydrogen (secondary N) is 1. The number of rotatable bonds is 6. The molecular weight excluding hydrogens is 218 g/mol. The Morgan fingerprint density at radius 2 is 2.31 bits per heavy atom. The van der Waals surface area contributed by atoms with Crippen molar-refractivity contribution in [2.75, 3.05) is 24.2 Å². The van der Waals surface area contributed by atoms with Crippen LogP contribution in [0.25, 0.3) is 0 Å². The van der Waals surface area contributed by atoms with Crippen LogP contribution in [0.15, 0.2) is 23.1 Å². The lowest BCUT2D eigenvalue weighted by atomic mass is 10.2. The minimum Gasteiger partial charge on any atom is -0.384 e. The van der Waals surface area contributed by atoms with Crippen LogP contribution in [0.4, 0.5) is 5.69 Å². The van der Waals surface area contributed by atoms with Gasteiger partial charge in [-0.25, -0.2) is 0 Å². The monoisotopic (exact) mass is 235 g/mol. The predicted octanol–water partition coefficient (Wildman–Crippen LogP) is 2.43. The fraction of sp³-hybridized carbons (Fsp3) is 0.417. The lowest BCUT2D eigenvalue weighted by molar-refractivity contribution is 0.873. The van der Waals surface area contributed by atoms with E-state index in [2.05, 4.69) is 18.3 Å². The minimum atomic E-state index is 0.665. The highest BCUT2D eigenvalue weighted by Crippen LogP contribution is 2.27. The Balaban J connectivity index is 2.83. The molecule has 0 atom stereocenters. The molecule has 0 radical (unpaired) electrons. The topological polar surface area (TPSA) is 61.8 Å². The van der Waals surface area contributed by atoms with Gasteiger partial charge in [-0.1, -0.05) is 13.0 Å². The van der Waals surface area contributed by atoms with Gasteiger partial charge in [0.25, 0.3) is 0 Å². The molecule has 0 bridgehead atoms. The summed E-state index contributed by atoms with van der Waals surface area (Å²) >= 11 is 1.69. The minimum absolute atomic E-state index is 0.665. The molecule has 0 aliphatic rings. The summed E-state index contributed by atoms with van der Waals surface area (Å²) < 4.78 is 0. The van der Waals surface area contributed by atoms with Gasteiger partial charge >= 0.3 is 0 Å². The smallest absolute Gasteiger partial charge is 0.102 e. The van der Waals surface area contributed by atoms with Crippen molar-refractivity contribution in [1.82, 2.24) is 0 Å². The molecule has 0 amide bonds. The molecule has 16 heavy (non-hydrogen) atoms. The molecule has 0 saturated heterocycles. The SMILES string of the molecule is CCSc1cccc(NCCCN)c1C#N. The molecule has 4 heteroatoms. The van der Waals surface area contributed by atoms with Crippen molar-refractivity contribution < 1.29 is 0 Å². The van der Waals surface area contributed by atoms with Crippen LogP contribution < -0.4 is 11.1 Å². The number of nitrogens with two attached hydrogens (primary N) is 1. The highest BCUT2D eigenvalue weighted by Gasteiger charge is 2.06. The molecule has 0 aliphatic carbocycles. The maximum atomic E-state index is 9.15. The van der Waals surface area contributed by atoms with Crippen molar-refractivity contribution in [2.24, 2.45) is 5.73 Å². The van der Waals surface area contributed by atoms with Crippen molar-refractivity contribution >= 4 is 17.4 Å². The summed E-state index contributed by atoms with van der Waals surface area (Å²) in [5, 5.41) is 12.4. The summed E-state index contributed by atoms with van der Waals surface area (Å²) in [6.07, 6.45) is 0.913. The van der Waals surface area contributed by atoms with E-state index in [1.807, 2.05) is 18.2 Å². The molecule has 0 saturated carbocycles. The molecular formula is C12H17N3S. The van der Waals surface area contributed by atoms with Gasteiger partial charge in [-0.15, -0.1) is 11.8 Å². The normalized spacial score (nSPS) is 9.81. The Labute approximate surface area is 101 Å². The highest BCUT2D eigenvalue weighted by molar-refractivity contribution is 7.99.